The van der Waals surface area contributed by atoms with Crippen LogP contribution in [0.1, 0.15) is 40.1 Å². The Morgan fingerprint density at radius 1 is 1.21 bits per heavy atom. The molecular weight excluding hydrogens is 504 g/mol. The Balaban J connectivity index is 1.67. The Morgan fingerprint density at radius 3 is 2.66 bits per heavy atom. The number of aliphatic hydroxyl groups is 1. The Kier molecular flexibility index (Phi) is 8.99. The third-order valence-corrected chi connectivity index (χ3v) is 7.14. The molecule has 3 atom stereocenters. The van der Waals surface area contributed by atoms with Gasteiger partial charge < -0.3 is 20.1 Å². The summed E-state index contributed by atoms with van der Waals surface area (Å²) in [5.41, 5.74) is 2.19. The molecule has 2 heterocycles. The molecule has 8 nitrogen and oxygen atoms in total. The number of aromatic nitrogens is 1. The van der Waals surface area contributed by atoms with Crippen molar-refractivity contribution in [1.29, 1.82) is 0 Å². The summed E-state index contributed by atoms with van der Waals surface area (Å²) < 4.78 is 6.58. The molecule has 1 unspecified atom stereocenters. The first-order chi connectivity index (χ1) is 18.3. The maximum absolute atomic E-state index is 13.6. The van der Waals surface area contributed by atoms with E-state index in [1.807, 2.05) is 45.2 Å². The number of nitrogens with zero attached hydrogens (tertiary/aromatic N) is 3. The lowest BCUT2D eigenvalue weighted by atomic mass is 9.98. The van der Waals surface area contributed by atoms with Gasteiger partial charge in [-0.25, -0.2) is 0 Å². The van der Waals surface area contributed by atoms with Gasteiger partial charge in [0.1, 0.15) is 6.10 Å². The van der Waals surface area contributed by atoms with E-state index in [4.69, 9.17) is 16.3 Å². The van der Waals surface area contributed by atoms with Gasteiger partial charge in [0.05, 0.1) is 23.9 Å². The number of benzene rings is 2. The number of halogens is 1. The standard InChI is InChI=1S/C29H33ClN4O4/c1-19-15-34(20(2)18-35)29(37)23-8-6-10-25(32-28(36)21-11-13-31-14-12-21)27(23)38-26(19)17-33(3)16-22-7-4-5-9-24(22)30/h4-14,19-20,26,35H,15-18H2,1-3H3,(H,32,36)/t19-,20?,26+/m1/s1. The molecule has 0 spiro atoms. The Labute approximate surface area is 228 Å². The van der Waals surface area contributed by atoms with E-state index in [2.05, 4.69) is 15.2 Å². The van der Waals surface area contributed by atoms with Crippen LogP contribution in [-0.2, 0) is 6.54 Å². The van der Waals surface area contributed by atoms with Gasteiger partial charge in [0.25, 0.3) is 11.8 Å². The highest BCUT2D eigenvalue weighted by Crippen LogP contribution is 2.35. The van der Waals surface area contributed by atoms with Gasteiger partial charge in [0.15, 0.2) is 5.75 Å². The van der Waals surface area contributed by atoms with Crippen LogP contribution in [0.2, 0.25) is 5.02 Å². The van der Waals surface area contributed by atoms with Crippen LogP contribution in [0.4, 0.5) is 5.69 Å². The molecule has 38 heavy (non-hydrogen) atoms. The van der Waals surface area contributed by atoms with Crippen LogP contribution in [0, 0.1) is 5.92 Å². The van der Waals surface area contributed by atoms with Crippen LogP contribution < -0.4 is 10.1 Å². The lowest BCUT2D eigenvalue weighted by Gasteiger charge is -2.38. The average Bonchev–Trinajstić information content (AvgIpc) is 2.92. The number of aliphatic hydroxyl groups excluding tert-OH is 1. The molecule has 4 rings (SSSR count). The average molecular weight is 537 g/mol. The summed E-state index contributed by atoms with van der Waals surface area (Å²) in [5, 5.41) is 13.5. The number of pyridine rings is 1. The van der Waals surface area contributed by atoms with E-state index < -0.39 is 0 Å². The minimum atomic E-state index is -0.382. The number of fused-ring (bicyclic) bond motifs is 1. The van der Waals surface area contributed by atoms with E-state index in [0.29, 0.717) is 47.2 Å². The van der Waals surface area contributed by atoms with Gasteiger partial charge in [-0.05, 0) is 49.9 Å². The molecule has 0 saturated heterocycles. The number of ether oxygens (including phenoxy) is 1. The maximum Gasteiger partial charge on any atom is 0.258 e. The second kappa shape index (κ2) is 12.4. The molecule has 3 aromatic rings. The summed E-state index contributed by atoms with van der Waals surface area (Å²) in [6, 6.07) is 15.7. The number of likely N-dealkylation sites (N-methyl/N-ethyl adjacent to an activating group) is 1. The van der Waals surface area contributed by atoms with Crippen LogP contribution in [-0.4, -0.2) is 70.6 Å². The van der Waals surface area contributed by atoms with Crippen molar-refractivity contribution in [2.24, 2.45) is 5.92 Å². The fraction of sp³-hybridized carbons (Fsp3) is 0.345. The van der Waals surface area contributed by atoms with Crippen molar-refractivity contribution in [3.05, 3.63) is 88.7 Å². The number of rotatable bonds is 8. The van der Waals surface area contributed by atoms with Gasteiger partial charge in [0.2, 0.25) is 0 Å². The summed E-state index contributed by atoms with van der Waals surface area (Å²) in [6.07, 6.45) is 2.78. The molecule has 2 N–H and O–H groups in total. The molecule has 200 valence electrons. The van der Waals surface area contributed by atoms with Crippen LogP contribution in [0.25, 0.3) is 0 Å². The summed E-state index contributed by atoms with van der Waals surface area (Å²) in [7, 11) is 2.00. The highest BCUT2D eigenvalue weighted by Gasteiger charge is 2.34. The fourth-order valence-corrected chi connectivity index (χ4v) is 4.74. The zero-order valence-corrected chi connectivity index (χ0v) is 22.6. The van der Waals surface area contributed by atoms with Gasteiger partial charge in [-0.3, -0.25) is 19.5 Å². The number of para-hydroxylation sites is 1. The molecule has 1 aliphatic rings. The summed E-state index contributed by atoms with van der Waals surface area (Å²) in [4.78, 5) is 34.4. The topological polar surface area (TPSA) is 95.0 Å². The molecule has 2 amide bonds. The molecule has 0 radical (unpaired) electrons. The normalized spacial score (nSPS) is 18.3. The maximum atomic E-state index is 13.6. The molecule has 0 fully saturated rings. The molecule has 0 aliphatic carbocycles. The highest BCUT2D eigenvalue weighted by atomic mass is 35.5. The first-order valence-corrected chi connectivity index (χ1v) is 13.0. The predicted molar refractivity (Wildman–Crippen MR) is 148 cm³/mol. The SMILES string of the molecule is CC(CO)N1C[C@@H](C)[C@H](CN(C)Cc2ccccc2Cl)Oc2c(NC(=O)c3ccncc3)cccc2C1=O. The minimum Gasteiger partial charge on any atom is -0.486 e. The number of carbonyl (C=O) groups is 2. The minimum absolute atomic E-state index is 0.0706. The Hall–Kier alpha value is -3.46. The zero-order valence-electron chi connectivity index (χ0n) is 21.8. The Bertz CT molecular complexity index is 1270. The van der Waals surface area contributed by atoms with Gasteiger partial charge in [0, 0.05) is 48.5 Å². The third-order valence-electron chi connectivity index (χ3n) is 6.77. The smallest absolute Gasteiger partial charge is 0.258 e. The number of carbonyl (C=O) groups excluding carboxylic acids is 2. The van der Waals surface area contributed by atoms with Gasteiger partial charge in [-0.1, -0.05) is 42.8 Å². The van der Waals surface area contributed by atoms with Crippen LogP contribution in [0.5, 0.6) is 5.75 Å². The van der Waals surface area contributed by atoms with E-state index in [1.54, 1.807) is 47.6 Å². The van der Waals surface area contributed by atoms with Crippen molar-refractivity contribution >= 4 is 29.1 Å². The second-order valence-corrected chi connectivity index (χ2v) is 10.2. The van der Waals surface area contributed by atoms with E-state index in [0.717, 1.165) is 5.56 Å². The largest absolute Gasteiger partial charge is 0.486 e. The first kappa shape index (κ1) is 27.6. The second-order valence-electron chi connectivity index (χ2n) is 9.78. The van der Waals surface area contributed by atoms with E-state index in [-0.39, 0.29) is 36.5 Å². The molecule has 0 bridgehead atoms. The van der Waals surface area contributed by atoms with E-state index in [9.17, 15) is 14.7 Å². The summed E-state index contributed by atoms with van der Waals surface area (Å²) in [5.74, 6) is -0.340. The highest BCUT2D eigenvalue weighted by molar-refractivity contribution is 6.31. The first-order valence-electron chi connectivity index (χ1n) is 12.6. The quantitative estimate of drug-likeness (QED) is 0.445. The van der Waals surface area contributed by atoms with Crippen LogP contribution in [0.3, 0.4) is 0 Å². The van der Waals surface area contributed by atoms with Gasteiger partial charge in [-0.15, -0.1) is 0 Å². The lowest BCUT2D eigenvalue weighted by molar-refractivity contribution is 0.0343. The monoisotopic (exact) mass is 536 g/mol. The van der Waals surface area contributed by atoms with Gasteiger partial charge >= 0.3 is 0 Å². The molecule has 1 aliphatic heterocycles. The van der Waals surface area contributed by atoms with Crippen molar-refractivity contribution in [3.8, 4) is 5.75 Å². The molecule has 0 saturated carbocycles. The van der Waals surface area contributed by atoms with E-state index >= 15 is 0 Å². The predicted octanol–water partition coefficient (Wildman–Crippen LogP) is 4.34. The lowest BCUT2D eigenvalue weighted by Crippen LogP contribution is -2.49. The Morgan fingerprint density at radius 2 is 1.95 bits per heavy atom. The number of anilines is 1. The number of hydrogen-bond acceptors (Lipinski definition) is 6. The number of amides is 2. The van der Waals surface area contributed by atoms with Crippen LogP contribution in [0.15, 0.2) is 67.0 Å². The molecule has 2 aromatic carbocycles. The van der Waals surface area contributed by atoms with Crippen molar-refractivity contribution < 1.29 is 19.4 Å². The molecule has 1 aromatic heterocycles. The zero-order chi connectivity index (χ0) is 27.2. The summed E-state index contributed by atoms with van der Waals surface area (Å²) >= 11 is 6.39. The van der Waals surface area contributed by atoms with Crippen molar-refractivity contribution in [2.45, 2.75) is 32.5 Å². The number of hydrogen-bond donors (Lipinski definition) is 2. The van der Waals surface area contributed by atoms with Crippen molar-refractivity contribution in [2.75, 3.05) is 32.1 Å². The fourth-order valence-electron chi connectivity index (χ4n) is 4.55. The van der Waals surface area contributed by atoms with Crippen molar-refractivity contribution in [3.63, 3.8) is 0 Å². The van der Waals surface area contributed by atoms with Gasteiger partial charge in [-0.2, -0.15) is 0 Å². The molecule has 9 heteroatoms. The third kappa shape index (κ3) is 6.32. The van der Waals surface area contributed by atoms with E-state index in [1.165, 1.54) is 0 Å². The van der Waals surface area contributed by atoms with Crippen molar-refractivity contribution in [1.82, 2.24) is 14.8 Å². The molecular formula is C29H33ClN4O4. The number of nitrogens with one attached hydrogen (secondary N) is 1. The summed E-state index contributed by atoms with van der Waals surface area (Å²) in [6.45, 7) is 5.27. The van der Waals surface area contributed by atoms with Crippen LogP contribution >= 0.6 is 11.6 Å².